The molecular formula is C11H12O3S. The second-order valence-corrected chi connectivity index (χ2v) is 4.88. The Kier molecular flexibility index (Phi) is 2.71. The van der Waals surface area contributed by atoms with E-state index in [1.54, 1.807) is 24.3 Å². The fraction of sp³-hybridized carbons (Fsp3) is 0.364. The third-order valence-electron chi connectivity index (χ3n) is 2.30. The summed E-state index contributed by atoms with van der Waals surface area (Å²) in [6.07, 6.45) is 0. The van der Waals surface area contributed by atoms with Crippen LogP contribution in [0.4, 0.5) is 0 Å². The molecule has 1 aromatic rings. The first-order valence-corrected chi connectivity index (χ1v) is 5.70. The van der Waals surface area contributed by atoms with E-state index in [0.717, 1.165) is 11.8 Å². The predicted molar refractivity (Wildman–Crippen MR) is 57.5 cm³/mol. The number of rotatable bonds is 1. The molecule has 0 amide bonds. The van der Waals surface area contributed by atoms with E-state index < -0.39 is 0 Å². The third kappa shape index (κ3) is 1.75. The van der Waals surface area contributed by atoms with Gasteiger partial charge in [-0.3, -0.25) is 4.79 Å². The van der Waals surface area contributed by atoms with Gasteiger partial charge in [0, 0.05) is 23.7 Å². The van der Waals surface area contributed by atoms with Crippen molar-refractivity contribution in [2.45, 2.75) is 19.3 Å². The first kappa shape index (κ1) is 10.5. The zero-order chi connectivity index (χ0) is 11.0. The minimum atomic E-state index is -0.382. The van der Waals surface area contributed by atoms with Gasteiger partial charge in [0.2, 0.25) is 5.12 Å². The third-order valence-corrected chi connectivity index (χ3v) is 3.69. The summed E-state index contributed by atoms with van der Waals surface area (Å²) in [7, 11) is 0. The van der Waals surface area contributed by atoms with Gasteiger partial charge in [-0.15, -0.1) is 0 Å². The molecule has 0 fully saturated rings. The largest absolute Gasteiger partial charge is 0.554 e. The van der Waals surface area contributed by atoms with Crippen molar-refractivity contribution < 1.29 is 14.6 Å². The van der Waals surface area contributed by atoms with Crippen molar-refractivity contribution in [2.24, 2.45) is 5.92 Å². The van der Waals surface area contributed by atoms with E-state index in [4.69, 9.17) is 0 Å². The highest BCUT2D eigenvalue weighted by molar-refractivity contribution is 8.14. The van der Waals surface area contributed by atoms with Gasteiger partial charge in [-0.2, -0.15) is 0 Å². The quantitative estimate of drug-likeness (QED) is 0.542. The summed E-state index contributed by atoms with van der Waals surface area (Å²) in [5.41, 5.74) is 0.104. The summed E-state index contributed by atoms with van der Waals surface area (Å²) < 4.78 is 1.81. The maximum atomic E-state index is 11.9. The van der Waals surface area contributed by atoms with Gasteiger partial charge in [-0.1, -0.05) is 26.0 Å². The summed E-state index contributed by atoms with van der Waals surface area (Å²) in [5.74, 6) is 0.537. The van der Waals surface area contributed by atoms with Gasteiger partial charge >= 0.3 is 0 Å². The molecule has 0 aromatic heterocycles. The molecule has 0 N–H and O–H groups in total. The number of hydrogen-bond acceptors (Lipinski definition) is 3. The minimum absolute atomic E-state index is 0.0242. The predicted octanol–water partition coefficient (Wildman–Crippen LogP) is 2.10. The summed E-state index contributed by atoms with van der Waals surface area (Å²) in [4.78, 5) is 11.7. The standard InChI is InChI=1S/C11H12O3S/c1-7(2)11-14(13)9-6-4-3-5-8(9)10(12)15-11/h3-7,11H,1-2H3. The Labute approximate surface area is 92.7 Å². The van der Waals surface area contributed by atoms with Crippen molar-refractivity contribution in [1.82, 2.24) is 0 Å². The van der Waals surface area contributed by atoms with Crippen LogP contribution in [0.15, 0.2) is 24.3 Å². The van der Waals surface area contributed by atoms with Crippen LogP contribution in [0.1, 0.15) is 24.2 Å². The molecule has 1 aliphatic heterocycles. The normalized spacial score (nSPS) is 20.7. The summed E-state index contributed by atoms with van der Waals surface area (Å²) in [6, 6.07) is 6.87. The first-order chi connectivity index (χ1) is 7.11. The first-order valence-electron chi connectivity index (χ1n) is 4.82. The molecule has 3 nitrogen and oxygen atoms in total. The number of carbonyl (C=O) groups excluding carboxylic acids is 1. The molecule has 1 unspecified atom stereocenters. The number of fused-ring (bicyclic) bond motifs is 1. The zero-order valence-corrected chi connectivity index (χ0v) is 9.41. The average molecular weight is 224 g/mol. The maximum Gasteiger partial charge on any atom is 0.278 e. The zero-order valence-electron chi connectivity index (χ0n) is 8.60. The Bertz CT molecular complexity index is 389. The second-order valence-electron chi connectivity index (χ2n) is 3.81. The van der Waals surface area contributed by atoms with Crippen molar-refractivity contribution in [3.8, 4) is 5.75 Å². The van der Waals surface area contributed by atoms with E-state index in [1.165, 1.54) is 0 Å². The SMILES string of the molecule is CC(C)C1SC(=O)c2ccccc2[O+]1[O-]. The molecule has 0 saturated heterocycles. The van der Waals surface area contributed by atoms with Crippen molar-refractivity contribution in [3.05, 3.63) is 29.8 Å². The van der Waals surface area contributed by atoms with E-state index in [9.17, 15) is 10.1 Å². The smallest absolute Gasteiger partial charge is 0.278 e. The van der Waals surface area contributed by atoms with Gasteiger partial charge in [-0.05, 0) is 6.07 Å². The topological polar surface area (TPSA) is 42.8 Å². The van der Waals surface area contributed by atoms with Crippen LogP contribution >= 0.6 is 11.8 Å². The fourth-order valence-electron chi connectivity index (χ4n) is 1.53. The van der Waals surface area contributed by atoms with Crippen molar-refractivity contribution >= 4 is 16.9 Å². The van der Waals surface area contributed by atoms with Crippen molar-refractivity contribution in [3.63, 3.8) is 0 Å². The maximum absolute atomic E-state index is 11.9. The van der Waals surface area contributed by atoms with Crippen molar-refractivity contribution in [1.29, 1.82) is 0 Å². The van der Waals surface area contributed by atoms with Crippen molar-refractivity contribution in [2.75, 3.05) is 0 Å². The number of carbonyl (C=O) groups is 1. The van der Waals surface area contributed by atoms with E-state index >= 15 is 0 Å². The lowest BCUT2D eigenvalue weighted by Gasteiger charge is -2.38. The van der Waals surface area contributed by atoms with Gasteiger partial charge in [0.1, 0.15) is 5.56 Å². The van der Waals surface area contributed by atoms with E-state index in [2.05, 4.69) is 0 Å². The van der Waals surface area contributed by atoms with Gasteiger partial charge in [0.05, 0.1) is 0 Å². The van der Waals surface area contributed by atoms with Crippen LogP contribution in [-0.2, 0) is 4.52 Å². The molecular weight excluding hydrogens is 212 g/mol. The highest BCUT2D eigenvalue weighted by Crippen LogP contribution is 2.42. The second kappa shape index (κ2) is 3.87. The lowest BCUT2D eigenvalue weighted by molar-refractivity contribution is -0.774. The number of para-hydroxylation sites is 1. The van der Waals surface area contributed by atoms with Gasteiger partial charge in [-0.25, -0.2) is 0 Å². The molecule has 4 heteroatoms. The molecule has 0 radical (unpaired) electrons. The monoisotopic (exact) mass is 224 g/mol. The van der Waals surface area contributed by atoms with Crippen LogP contribution in [-0.4, -0.2) is 10.6 Å². The number of benzene rings is 1. The van der Waals surface area contributed by atoms with Crippen LogP contribution < -0.4 is 5.26 Å². The molecule has 1 atom stereocenters. The molecule has 2 rings (SSSR count). The van der Waals surface area contributed by atoms with Gasteiger partial charge < -0.3 is 9.78 Å². The Morgan fingerprint density at radius 1 is 1.40 bits per heavy atom. The summed E-state index contributed by atoms with van der Waals surface area (Å²) in [5, 5.41) is 11.8. The molecule has 80 valence electrons. The number of hydrogen-bond donors (Lipinski definition) is 0. The minimum Gasteiger partial charge on any atom is -0.554 e. The highest BCUT2D eigenvalue weighted by atomic mass is 32.2. The molecule has 1 aliphatic rings. The fourth-order valence-corrected chi connectivity index (χ4v) is 2.50. The van der Waals surface area contributed by atoms with E-state index in [0.29, 0.717) is 11.3 Å². The van der Waals surface area contributed by atoms with E-state index in [-0.39, 0.29) is 16.5 Å². The Balaban J connectivity index is 2.44. The molecule has 1 aromatic carbocycles. The summed E-state index contributed by atoms with van der Waals surface area (Å²) in [6.45, 7) is 3.85. The lowest BCUT2D eigenvalue weighted by Crippen LogP contribution is -2.37. The van der Waals surface area contributed by atoms with Crippen LogP contribution in [0, 0.1) is 5.92 Å². The Morgan fingerprint density at radius 2 is 2.07 bits per heavy atom. The molecule has 15 heavy (non-hydrogen) atoms. The molecule has 1 heterocycles. The lowest BCUT2D eigenvalue weighted by atomic mass is 10.2. The highest BCUT2D eigenvalue weighted by Gasteiger charge is 2.36. The number of thioether (sulfide) groups is 1. The van der Waals surface area contributed by atoms with Crippen LogP contribution in [0.25, 0.3) is 0 Å². The van der Waals surface area contributed by atoms with Crippen LogP contribution in [0.2, 0.25) is 0 Å². The Hall–Kier alpha value is -1.00. The van der Waals surface area contributed by atoms with Crippen LogP contribution in [0.5, 0.6) is 5.75 Å². The van der Waals surface area contributed by atoms with Gasteiger partial charge in [0.25, 0.3) is 11.2 Å². The molecule has 0 spiro atoms. The van der Waals surface area contributed by atoms with Gasteiger partial charge in [0.15, 0.2) is 0 Å². The molecule has 0 saturated carbocycles. The molecule has 0 aliphatic carbocycles. The Morgan fingerprint density at radius 3 is 2.73 bits per heavy atom. The van der Waals surface area contributed by atoms with E-state index in [1.807, 2.05) is 18.4 Å². The molecule has 0 bridgehead atoms. The van der Waals surface area contributed by atoms with Crippen LogP contribution in [0.3, 0.4) is 0 Å². The average Bonchev–Trinajstić information content (AvgIpc) is 2.23. The summed E-state index contributed by atoms with van der Waals surface area (Å²) >= 11 is 1.08.